The highest BCUT2D eigenvalue weighted by atomic mass is 16.5. The van der Waals surface area contributed by atoms with E-state index in [1.54, 1.807) is 14.2 Å². The van der Waals surface area contributed by atoms with Crippen molar-refractivity contribution in [2.24, 2.45) is 0 Å². The van der Waals surface area contributed by atoms with Gasteiger partial charge in [-0.2, -0.15) is 0 Å². The molecule has 0 saturated carbocycles. The van der Waals surface area contributed by atoms with Crippen LogP contribution < -0.4 is 19.5 Å². The van der Waals surface area contributed by atoms with E-state index in [0.717, 1.165) is 11.3 Å². The van der Waals surface area contributed by atoms with Crippen molar-refractivity contribution in [3.8, 4) is 17.2 Å². The Morgan fingerprint density at radius 3 is 2.14 bits per heavy atom. The third kappa shape index (κ3) is 3.80. The van der Waals surface area contributed by atoms with Gasteiger partial charge in [0.25, 0.3) is 0 Å². The summed E-state index contributed by atoms with van der Waals surface area (Å²) in [5.41, 5.74) is 0.991. The Balaban J connectivity index is 2.40. The lowest BCUT2D eigenvalue weighted by atomic mass is 10.2. The molecule has 0 aliphatic carbocycles. The van der Waals surface area contributed by atoms with Gasteiger partial charge < -0.3 is 19.5 Å². The van der Waals surface area contributed by atoms with Crippen LogP contribution in [0.1, 0.15) is 5.56 Å². The summed E-state index contributed by atoms with van der Waals surface area (Å²) in [6.45, 7) is 0.696. The monoisotopic (exact) mass is 299 g/mol. The summed E-state index contributed by atoms with van der Waals surface area (Å²) in [7, 11) is 5.12. The predicted molar refractivity (Wildman–Crippen MR) is 88.5 cm³/mol. The molecule has 0 unspecified atom stereocenters. The molecule has 0 aliphatic heterocycles. The van der Waals surface area contributed by atoms with Gasteiger partial charge in [0, 0.05) is 12.1 Å². The first kappa shape index (κ1) is 15.9. The number of hydrogen-bond acceptors (Lipinski definition) is 4. The van der Waals surface area contributed by atoms with Gasteiger partial charge in [0.05, 0.1) is 14.2 Å². The third-order valence-electron chi connectivity index (χ3n) is 3.14. The van der Waals surface area contributed by atoms with Crippen molar-refractivity contribution in [1.29, 1.82) is 0 Å². The first-order valence-electron chi connectivity index (χ1n) is 7.09. The molecule has 4 nitrogen and oxygen atoms in total. The molecular weight excluding hydrogens is 278 g/mol. The van der Waals surface area contributed by atoms with E-state index in [0.29, 0.717) is 23.8 Å². The molecule has 1 N–H and O–H groups in total. The van der Waals surface area contributed by atoms with Gasteiger partial charge in [-0.25, -0.2) is 0 Å². The number of rotatable bonds is 7. The van der Waals surface area contributed by atoms with Crippen LogP contribution in [-0.2, 0) is 0 Å². The van der Waals surface area contributed by atoms with Crippen LogP contribution >= 0.6 is 0 Å². The predicted octanol–water partition coefficient (Wildman–Crippen LogP) is 3.34. The number of likely N-dealkylation sites (N-methyl/N-ethyl adjacent to an activating group) is 1. The second-order valence-corrected chi connectivity index (χ2v) is 4.59. The quantitative estimate of drug-likeness (QED) is 0.796. The number of hydrogen-bond donors (Lipinski definition) is 1. The topological polar surface area (TPSA) is 39.7 Å². The van der Waals surface area contributed by atoms with E-state index in [-0.39, 0.29) is 0 Å². The van der Waals surface area contributed by atoms with Crippen molar-refractivity contribution in [3.63, 3.8) is 0 Å². The van der Waals surface area contributed by atoms with Gasteiger partial charge in [-0.3, -0.25) is 0 Å². The van der Waals surface area contributed by atoms with Crippen LogP contribution in [0.15, 0.2) is 54.6 Å². The summed E-state index contributed by atoms with van der Waals surface area (Å²) >= 11 is 0. The number of para-hydroxylation sites is 1. The van der Waals surface area contributed by atoms with E-state index in [2.05, 4.69) is 5.32 Å². The molecule has 0 heterocycles. The molecule has 0 saturated heterocycles. The first-order chi connectivity index (χ1) is 10.8. The largest absolute Gasteiger partial charge is 0.493 e. The second kappa shape index (κ2) is 8.10. The van der Waals surface area contributed by atoms with Crippen molar-refractivity contribution in [2.75, 3.05) is 27.8 Å². The van der Waals surface area contributed by atoms with E-state index in [1.165, 1.54) is 0 Å². The lowest BCUT2D eigenvalue weighted by Crippen LogP contribution is -2.07. The molecular formula is C18H21NO3. The minimum atomic E-state index is 0.568. The van der Waals surface area contributed by atoms with Crippen LogP contribution in [0.2, 0.25) is 0 Å². The molecule has 4 heteroatoms. The molecule has 0 spiro atoms. The average molecular weight is 299 g/mol. The summed E-state index contributed by atoms with van der Waals surface area (Å²) in [6.07, 6.45) is 1.99. The molecule has 0 atom stereocenters. The van der Waals surface area contributed by atoms with Crippen molar-refractivity contribution in [3.05, 3.63) is 60.2 Å². The summed E-state index contributed by atoms with van der Waals surface area (Å²) < 4.78 is 16.9. The first-order valence-corrected chi connectivity index (χ1v) is 7.09. The van der Waals surface area contributed by atoms with Crippen molar-refractivity contribution in [2.45, 2.75) is 0 Å². The molecule has 116 valence electrons. The van der Waals surface area contributed by atoms with Gasteiger partial charge in [0.1, 0.15) is 5.76 Å². The van der Waals surface area contributed by atoms with Crippen molar-refractivity contribution in [1.82, 2.24) is 5.32 Å². The van der Waals surface area contributed by atoms with E-state index in [1.807, 2.05) is 61.7 Å². The lowest BCUT2D eigenvalue weighted by molar-refractivity contribution is 0.353. The van der Waals surface area contributed by atoms with Crippen molar-refractivity contribution >= 4 is 5.76 Å². The molecule has 2 aromatic carbocycles. The highest BCUT2D eigenvalue weighted by Crippen LogP contribution is 2.39. The summed E-state index contributed by atoms with van der Waals surface area (Å²) in [5.74, 6) is 2.58. The van der Waals surface area contributed by atoms with E-state index < -0.39 is 0 Å². The maximum absolute atomic E-state index is 6.12. The Kier molecular flexibility index (Phi) is 5.86. The standard InChI is InChI=1S/C18H21NO3/c1-19-13-12-15(14-8-5-4-6-9-14)22-18-16(20-2)10-7-11-17(18)21-3/h4-12,19H,13H2,1-3H3/b15-12-. The SMILES string of the molecule is CNC/C=C(\Oc1c(OC)cccc1OC)c1ccccc1. The van der Waals surface area contributed by atoms with Crippen molar-refractivity contribution < 1.29 is 14.2 Å². The second-order valence-electron chi connectivity index (χ2n) is 4.59. The third-order valence-corrected chi connectivity index (χ3v) is 3.14. The minimum Gasteiger partial charge on any atom is -0.493 e. The Morgan fingerprint density at radius 2 is 1.59 bits per heavy atom. The van der Waals surface area contributed by atoms with Crippen LogP contribution in [0.5, 0.6) is 17.2 Å². The van der Waals surface area contributed by atoms with E-state index in [4.69, 9.17) is 14.2 Å². The van der Waals surface area contributed by atoms with Gasteiger partial charge in [0.15, 0.2) is 11.5 Å². The fraction of sp³-hybridized carbons (Fsp3) is 0.222. The molecule has 0 aliphatic rings. The smallest absolute Gasteiger partial charge is 0.211 e. The van der Waals surface area contributed by atoms with Gasteiger partial charge in [-0.15, -0.1) is 0 Å². The van der Waals surface area contributed by atoms with Crippen LogP contribution in [-0.4, -0.2) is 27.8 Å². The Morgan fingerprint density at radius 1 is 0.955 bits per heavy atom. The van der Waals surface area contributed by atoms with Gasteiger partial charge in [0.2, 0.25) is 5.75 Å². The Labute approximate surface area is 131 Å². The highest BCUT2D eigenvalue weighted by Gasteiger charge is 2.14. The van der Waals surface area contributed by atoms with Crippen LogP contribution in [0.4, 0.5) is 0 Å². The lowest BCUT2D eigenvalue weighted by Gasteiger charge is -2.16. The average Bonchev–Trinajstić information content (AvgIpc) is 2.59. The van der Waals surface area contributed by atoms with E-state index >= 15 is 0 Å². The fourth-order valence-corrected chi connectivity index (χ4v) is 2.04. The molecule has 0 aromatic heterocycles. The molecule has 0 fully saturated rings. The fourth-order valence-electron chi connectivity index (χ4n) is 2.04. The van der Waals surface area contributed by atoms with Crippen LogP contribution in [0, 0.1) is 0 Å². The van der Waals surface area contributed by atoms with Crippen LogP contribution in [0.3, 0.4) is 0 Å². The van der Waals surface area contributed by atoms with Gasteiger partial charge in [-0.1, -0.05) is 36.4 Å². The van der Waals surface area contributed by atoms with Gasteiger partial charge in [-0.05, 0) is 25.3 Å². The number of benzene rings is 2. The molecule has 2 aromatic rings. The molecule has 0 amide bonds. The minimum absolute atomic E-state index is 0.568. The van der Waals surface area contributed by atoms with Crippen LogP contribution in [0.25, 0.3) is 5.76 Å². The maximum Gasteiger partial charge on any atom is 0.211 e. The number of ether oxygens (including phenoxy) is 3. The van der Waals surface area contributed by atoms with E-state index in [9.17, 15) is 0 Å². The molecule has 22 heavy (non-hydrogen) atoms. The molecule has 0 radical (unpaired) electrons. The normalized spacial score (nSPS) is 11.1. The number of nitrogens with one attached hydrogen (secondary N) is 1. The summed E-state index contributed by atoms with van der Waals surface area (Å²) in [6, 6.07) is 15.5. The zero-order chi connectivity index (χ0) is 15.8. The summed E-state index contributed by atoms with van der Waals surface area (Å²) in [4.78, 5) is 0. The Bertz CT molecular complexity index is 601. The molecule has 2 rings (SSSR count). The summed E-state index contributed by atoms with van der Waals surface area (Å²) in [5, 5.41) is 3.09. The zero-order valence-corrected chi connectivity index (χ0v) is 13.1. The number of methoxy groups -OCH3 is 2. The Hall–Kier alpha value is -2.46. The van der Waals surface area contributed by atoms with Gasteiger partial charge >= 0.3 is 0 Å². The zero-order valence-electron chi connectivity index (χ0n) is 13.1. The highest BCUT2D eigenvalue weighted by molar-refractivity contribution is 5.65. The molecule has 0 bridgehead atoms. The maximum atomic E-state index is 6.12.